The first-order valence-corrected chi connectivity index (χ1v) is 11.7. The van der Waals surface area contributed by atoms with E-state index in [-0.39, 0.29) is 50.7 Å². The molecule has 0 bridgehead atoms. The predicted molar refractivity (Wildman–Crippen MR) is 125 cm³/mol. The summed E-state index contributed by atoms with van der Waals surface area (Å²) in [4.78, 5) is 47.4. The fourth-order valence-electron chi connectivity index (χ4n) is 3.46. The molecule has 1 aliphatic rings. The number of carbonyl (C=O) groups excluding carboxylic acids is 2. The normalized spacial score (nSPS) is 19.5. The van der Waals surface area contributed by atoms with Crippen molar-refractivity contribution in [1.82, 2.24) is 10.2 Å². The Hall–Kier alpha value is -0.865. The number of carbonyl (C=O) groups is 3. The van der Waals surface area contributed by atoms with Crippen LogP contribution in [-0.4, -0.2) is 102 Å². The van der Waals surface area contributed by atoms with Gasteiger partial charge in [-0.25, -0.2) is 0 Å². The topological polar surface area (TPSA) is 133 Å². The molecule has 32 heavy (non-hydrogen) atoms. The molecule has 4 atom stereocenters. The molecule has 1 amide bonds. The van der Waals surface area contributed by atoms with Crippen LogP contribution in [0.15, 0.2) is 30.3 Å². The Balaban J connectivity index is 0.00000480. The van der Waals surface area contributed by atoms with Gasteiger partial charge in [0.15, 0.2) is 6.29 Å². The zero-order chi connectivity index (χ0) is 22.1. The number of nitrogens with zero attached hydrogens (tertiary/aromatic N) is 1. The monoisotopic (exact) mass is 456 g/mol. The third-order valence-corrected chi connectivity index (χ3v) is 6.81. The molecule has 0 aliphatic carbocycles. The average Bonchev–Trinajstić information content (AvgIpc) is 3.19. The summed E-state index contributed by atoms with van der Waals surface area (Å²) < 4.78 is 18.2. The summed E-state index contributed by atoms with van der Waals surface area (Å²) in [5.74, 6) is -2.69. The molecule has 1 heterocycles. The minimum atomic E-state index is -4.42. The van der Waals surface area contributed by atoms with Gasteiger partial charge in [-0.15, -0.1) is 0 Å². The van der Waals surface area contributed by atoms with Crippen LogP contribution in [0.4, 0.5) is 0 Å². The van der Waals surface area contributed by atoms with E-state index in [4.69, 9.17) is 4.52 Å². The van der Waals surface area contributed by atoms with Crippen molar-refractivity contribution >= 4 is 63.5 Å². The van der Waals surface area contributed by atoms with Crippen molar-refractivity contribution in [3.63, 3.8) is 0 Å². The van der Waals surface area contributed by atoms with Gasteiger partial charge in [-0.3, -0.25) is 23.6 Å². The Bertz CT molecular complexity index is 784. The number of carboxylic acids is 1. The van der Waals surface area contributed by atoms with Gasteiger partial charge in [-0.05, 0) is 37.9 Å². The first-order valence-electron chi connectivity index (χ1n) is 10.1. The molecule has 2 rings (SSSR count). The number of rotatable bonds is 12. The number of hydrogen-bond donors (Lipinski definition) is 3. The van der Waals surface area contributed by atoms with Crippen LogP contribution in [0.5, 0.6) is 0 Å². The van der Waals surface area contributed by atoms with E-state index in [9.17, 15) is 28.9 Å². The number of hydrogen-bond acceptors (Lipinski definition) is 6. The Morgan fingerprint density at radius 2 is 1.97 bits per heavy atom. The van der Waals surface area contributed by atoms with Crippen molar-refractivity contribution in [3.8, 4) is 0 Å². The van der Waals surface area contributed by atoms with Crippen LogP contribution in [-0.2, 0) is 18.7 Å². The molecule has 0 spiro atoms. The molecule has 3 N–H and O–H groups in total. The molecular weight excluding hydrogens is 425 g/mol. The van der Waals surface area contributed by atoms with Crippen LogP contribution in [0.2, 0.25) is 0 Å². The standard InChI is InChI=1S/C20H29N2O7P.2Li.2H/c1-2-3-11-18(21-19(24)15-8-5-4-6-9-15)30(27,28)29-16(14-23)13-22-12-7-10-17(22)20(25)26;;;;/h4-6,8-9,14,16-18H,2-3,7,10-13H2,1H3,(H,21,24)(H,25,26)(H,27,28);;;;/t16?,17-,18?;;;;/m0..../s1. The zero-order valence-electron chi connectivity index (χ0n) is 17.0. The molecule has 0 aromatic heterocycles. The summed E-state index contributed by atoms with van der Waals surface area (Å²) in [6.07, 6.45) is 1.75. The van der Waals surface area contributed by atoms with Crippen LogP contribution in [0, 0.1) is 0 Å². The average molecular weight is 456 g/mol. The summed E-state index contributed by atoms with van der Waals surface area (Å²) in [5, 5.41) is 11.8. The van der Waals surface area contributed by atoms with E-state index in [2.05, 4.69) is 5.32 Å². The van der Waals surface area contributed by atoms with Crippen LogP contribution in [0.1, 0.15) is 49.4 Å². The number of unbranched alkanes of at least 4 members (excludes halogenated alkanes) is 1. The number of amides is 1. The first-order chi connectivity index (χ1) is 14.3. The van der Waals surface area contributed by atoms with Gasteiger partial charge in [0, 0.05) is 12.1 Å². The van der Waals surface area contributed by atoms with Gasteiger partial charge in [-0.1, -0.05) is 38.0 Å². The maximum atomic E-state index is 13.0. The number of nitrogens with one attached hydrogen (secondary N) is 1. The van der Waals surface area contributed by atoms with Crippen LogP contribution in [0.3, 0.4) is 0 Å². The van der Waals surface area contributed by atoms with Gasteiger partial charge in [0.25, 0.3) is 5.91 Å². The van der Waals surface area contributed by atoms with E-state index in [1.807, 2.05) is 6.92 Å². The number of likely N-dealkylation sites (tertiary alicyclic amines) is 1. The number of carboxylic acid groups (broad SMARTS) is 1. The van der Waals surface area contributed by atoms with Crippen molar-refractivity contribution < 1.29 is 33.5 Å². The van der Waals surface area contributed by atoms with Crippen LogP contribution in [0.25, 0.3) is 0 Å². The fourth-order valence-corrected chi connectivity index (χ4v) is 4.90. The van der Waals surface area contributed by atoms with E-state index in [1.165, 1.54) is 0 Å². The Kier molecular flexibility index (Phi) is 14.7. The minimum absolute atomic E-state index is 0. The molecule has 12 heteroatoms. The quantitative estimate of drug-likeness (QED) is 0.241. The Morgan fingerprint density at radius 1 is 1.31 bits per heavy atom. The molecule has 1 fully saturated rings. The van der Waals surface area contributed by atoms with Crippen LogP contribution >= 0.6 is 7.60 Å². The molecular formula is C20H31Li2N2O7P. The summed E-state index contributed by atoms with van der Waals surface area (Å²) in [6, 6.07) is 7.54. The molecule has 1 aliphatic heterocycles. The summed E-state index contributed by atoms with van der Waals surface area (Å²) in [7, 11) is -4.42. The van der Waals surface area contributed by atoms with E-state index in [0.717, 1.165) is 6.42 Å². The molecule has 9 nitrogen and oxygen atoms in total. The summed E-state index contributed by atoms with van der Waals surface area (Å²) >= 11 is 0. The van der Waals surface area contributed by atoms with Crippen LogP contribution < -0.4 is 5.32 Å². The maximum absolute atomic E-state index is 13.0. The second kappa shape index (κ2) is 15.1. The second-order valence-corrected chi connectivity index (χ2v) is 9.30. The Labute approximate surface area is 212 Å². The van der Waals surface area contributed by atoms with Gasteiger partial charge in [0.2, 0.25) is 0 Å². The van der Waals surface area contributed by atoms with Gasteiger partial charge < -0.3 is 20.1 Å². The SMILES string of the molecule is CCCCC(NC(=O)c1ccccc1)P(=O)(O)OC(C=O)CN1CCC[C@H]1C(=O)O.[LiH].[LiH]. The van der Waals surface area contributed by atoms with E-state index in [1.54, 1.807) is 35.2 Å². The van der Waals surface area contributed by atoms with Gasteiger partial charge in [0.1, 0.15) is 17.9 Å². The first kappa shape index (κ1) is 31.1. The number of benzene rings is 1. The molecule has 0 radical (unpaired) electrons. The van der Waals surface area contributed by atoms with E-state index in [0.29, 0.717) is 37.7 Å². The molecule has 1 saturated heterocycles. The zero-order valence-corrected chi connectivity index (χ0v) is 17.9. The molecule has 3 unspecified atom stereocenters. The Morgan fingerprint density at radius 3 is 2.53 bits per heavy atom. The van der Waals surface area contributed by atoms with Gasteiger partial charge in [0.05, 0.1) is 0 Å². The molecule has 0 saturated carbocycles. The van der Waals surface area contributed by atoms with E-state index >= 15 is 0 Å². The van der Waals surface area contributed by atoms with Crippen molar-refractivity contribution in [2.45, 2.75) is 57.0 Å². The van der Waals surface area contributed by atoms with Crippen molar-refractivity contribution in [1.29, 1.82) is 0 Å². The van der Waals surface area contributed by atoms with Crippen molar-refractivity contribution in [2.24, 2.45) is 0 Å². The van der Waals surface area contributed by atoms with Gasteiger partial charge in [-0.2, -0.15) is 0 Å². The fraction of sp³-hybridized carbons (Fsp3) is 0.550. The van der Waals surface area contributed by atoms with Crippen molar-refractivity contribution in [3.05, 3.63) is 35.9 Å². The van der Waals surface area contributed by atoms with E-state index < -0.39 is 37.4 Å². The number of aliphatic carboxylic acids is 1. The number of aldehydes is 1. The van der Waals surface area contributed by atoms with Crippen molar-refractivity contribution in [2.75, 3.05) is 13.1 Å². The predicted octanol–water partition coefficient (Wildman–Crippen LogP) is 0.954. The summed E-state index contributed by atoms with van der Waals surface area (Å²) in [5.41, 5.74) is 0.340. The van der Waals surface area contributed by atoms with Gasteiger partial charge >= 0.3 is 51.3 Å². The third-order valence-electron chi connectivity index (χ3n) is 5.06. The third kappa shape index (κ3) is 9.18. The summed E-state index contributed by atoms with van der Waals surface area (Å²) in [6.45, 7) is 2.27. The second-order valence-electron chi connectivity index (χ2n) is 7.33. The molecule has 1 aromatic rings. The molecule has 170 valence electrons. The molecule has 1 aromatic carbocycles.